The number of Topliss-reactive ketones (excluding diaryl/α,β-unsaturated/α-hetero) is 1. The molecule has 114 valence electrons. The van der Waals surface area contributed by atoms with E-state index in [1.54, 1.807) is 18.2 Å². The van der Waals surface area contributed by atoms with Gasteiger partial charge in [-0.15, -0.1) is 0 Å². The van der Waals surface area contributed by atoms with Crippen molar-refractivity contribution in [3.05, 3.63) is 28.8 Å². The van der Waals surface area contributed by atoms with Crippen molar-refractivity contribution < 1.29 is 18.9 Å². The number of carbonyl (C=O) groups is 2. The molecule has 4 nitrogen and oxygen atoms in total. The van der Waals surface area contributed by atoms with Gasteiger partial charge in [0, 0.05) is 18.6 Å². The van der Waals surface area contributed by atoms with Gasteiger partial charge in [0.15, 0.2) is 0 Å². The summed E-state index contributed by atoms with van der Waals surface area (Å²) < 4.78 is 11.5. The molecule has 0 heterocycles. The lowest BCUT2D eigenvalue weighted by atomic mass is 9.87. The molecule has 3 atom stereocenters. The van der Waals surface area contributed by atoms with Gasteiger partial charge in [-0.3, -0.25) is 13.8 Å². The molecule has 2 rings (SSSR count). The fraction of sp³-hybridized carbons (Fsp3) is 0.467. The van der Waals surface area contributed by atoms with E-state index in [9.17, 15) is 18.9 Å². The molecule has 0 aliphatic heterocycles. The van der Waals surface area contributed by atoms with Crippen LogP contribution < -0.4 is 0 Å². The van der Waals surface area contributed by atoms with E-state index < -0.39 is 22.7 Å². The molecule has 6 heteroatoms. The van der Waals surface area contributed by atoms with Gasteiger partial charge in [-0.1, -0.05) is 17.7 Å². The number of benzene rings is 1. The molecule has 1 N–H and O–H groups in total. The molecular weight excluding hydrogens is 312 g/mol. The Bertz CT molecular complexity index is 599. The fourth-order valence-corrected chi connectivity index (χ4v) is 3.88. The number of halogens is 1. The summed E-state index contributed by atoms with van der Waals surface area (Å²) in [4.78, 5) is 23.7. The first-order valence-corrected chi connectivity index (χ1v) is 8.72. The predicted octanol–water partition coefficient (Wildman–Crippen LogP) is 3.00. The SMILES string of the molecule is CS(=O)c1ccc(C(CC2CCCC2=O)C(=O)O)cc1Cl. The quantitative estimate of drug-likeness (QED) is 0.902. The van der Waals surface area contributed by atoms with Crippen LogP contribution in [-0.4, -0.2) is 27.3 Å². The molecule has 0 saturated heterocycles. The molecule has 0 aromatic heterocycles. The number of carboxylic acid groups (broad SMARTS) is 1. The Balaban J connectivity index is 2.26. The van der Waals surface area contributed by atoms with Gasteiger partial charge in [-0.2, -0.15) is 0 Å². The molecule has 0 radical (unpaired) electrons. The Kier molecular flexibility index (Phi) is 5.17. The normalized spacial score (nSPS) is 21.2. The van der Waals surface area contributed by atoms with Crippen LogP contribution in [0.5, 0.6) is 0 Å². The second-order valence-electron chi connectivity index (χ2n) is 5.33. The lowest BCUT2D eigenvalue weighted by molar-refractivity contribution is -0.139. The maximum atomic E-state index is 11.7. The molecule has 1 aliphatic carbocycles. The largest absolute Gasteiger partial charge is 0.481 e. The second-order valence-corrected chi connectivity index (χ2v) is 7.08. The number of ketones is 1. The number of carboxylic acids is 1. The van der Waals surface area contributed by atoms with Crippen LogP contribution in [-0.2, 0) is 20.4 Å². The third kappa shape index (κ3) is 3.71. The topological polar surface area (TPSA) is 71.4 Å². The van der Waals surface area contributed by atoms with E-state index >= 15 is 0 Å². The van der Waals surface area contributed by atoms with Crippen molar-refractivity contribution in [1.29, 1.82) is 0 Å². The van der Waals surface area contributed by atoms with Crippen molar-refractivity contribution >= 4 is 34.2 Å². The van der Waals surface area contributed by atoms with Crippen LogP contribution in [0.25, 0.3) is 0 Å². The number of hydrogen-bond acceptors (Lipinski definition) is 3. The average Bonchev–Trinajstić information content (AvgIpc) is 2.80. The summed E-state index contributed by atoms with van der Waals surface area (Å²) in [7, 11) is -1.22. The number of rotatable bonds is 5. The molecule has 0 amide bonds. The van der Waals surface area contributed by atoms with Gasteiger partial charge in [0.05, 0.1) is 26.6 Å². The minimum absolute atomic E-state index is 0.152. The van der Waals surface area contributed by atoms with Gasteiger partial charge in [0.2, 0.25) is 0 Å². The third-order valence-electron chi connectivity index (χ3n) is 3.92. The Labute approximate surface area is 131 Å². The van der Waals surface area contributed by atoms with Crippen molar-refractivity contribution in [2.75, 3.05) is 6.26 Å². The molecule has 1 saturated carbocycles. The van der Waals surface area contributed by atoms with Crippen molar-refractivity contribution in [3.8, 4) is 0 Å². The summed E-state index contributed by atoms with van der Waals surface area (Å²) in [6.07, 6.45) is 3.97. The monoisotopic (exact) mass is 328 g/mol. The van der Waals surface area contributed by atoms with Crippen LogP contribution >= 0.6 is 11.6 Å². The van der Waals surface area contributed by atoms with Gasteiger partial charge in [0.25, 0.3) is 0 Å². The molecular formula is C15H17ClO4S. The van der Waals surface area contributed by atoms with Crippen LogP contribution in [0, 0.1) is 5.92 Å². The first-order chi connectivity index (χ1) is 9.90. The van der Waals surface area contributed by atoms with Crippen molar-refractivity contribution in [3.63, 3.8) is 0 Å². The van der Waals surface area contributed by atoms with E-state index in [1.807, 2.05) is 0 Å². The smallest absolute Gasteiger partial charge is 0.310 e. The molecule has 1 aliphatic rings. The molecule has 0 bridgehead atoms. The Morgan fingerprint density at radius 3 is 2.71 bits per heavy atom. The van der Waals surface area contributed by atoms with Gasteiger partial charge in [-0.25, -0.2) is 0 Å². The highest BCUT2D eigenvalue weighted by molar-refractivity contribution is 7.84. The summed E-state index contributed by atoms with van der Waals surface area (Å²) in [5.41, 5.74) is 0.557. The van der Waals surface area contributed by atoms with E-state index in [-0.39, 0.29) is 11.7 Å². The van der Waals surface area contributed by atoms with Gasteiger partial charge in [0.1, 0.15) is 5.78 Å². The van der Waals surface area contributed by atoms with Crippen molar-refractivity contribution in [1.82, 2.24) is 0 Å². The lowest BCUT2D eigenvalue weighted by Gasteiger charge is -2.17. The zero-order valence-electron chi connectivity index (χ0n) is 11.7. The van der Waals surface area contributed by atoms with Crippen LogP contribution in [0.4, 0.5) is 0 Å². The van der Waals surface area contributed by atoms with Gasteiger partial charge >= 0.3 is 5.97 Å². The maximum Gasteiger partial charge on any atom is 0.310 e. The summed E-state index contributed by atoms with van der Waals surface area (Å²) in [6, 6.07) is 4.79. The number of aliphatic carboxylic acids is 1. The lowest BCUT2D eigenvalue weighted by Crippen LogP contribution is -2.18. The fourth-order valence-electron chi connectivity index (χ4n) is 2.77. The Morgan fingerprint density at radius 2 is 2.24 bits per heavy atom. The van der Waals surface area contributed by atoms with Crippen molar-refractivity contribution in [2.45, 2.75) is 36.5 Å². The summed E-state index contributed by atoms with van der Waals surface area (Å²) in [5.74, 6) is -1.74. The Morgan fingerprint density at radius 1 is 1.52 bits per heavy atom. The van der Waals surface area contributed by atoms with Crippen LogP contribution in [0.3, 0.4) is 0 Å². The van der Waals surface area contributed by atoms with E-state index in [0.717, 1.165) is 12.8 Å². The number of hydrogen-bond donors (Lipinski definition) is 1. The maximum absolute atomic E-state index is 11.7. The predicted molar refractivity (Wildman–Crippen MR) is 81.1 cm³/mol. The van der Waals surface area contributed by atoms with Crippen LogP contribution in [0.2, 0.25) is 5.02 Å². The zero-order chi connectivity index (χ0) is 15.6. The van der Waals surface area contributed by atoms with E-state index in [0.29, 0.717) is 28.3 Å². The standard InChI is InChI=1S/C15H17ClO4S/c1-21(20)14-6-5-9(8-12(14)16)11(15(18)19)7-10-3-2-4-13(10)17/h5-6,8,10-11H,2-4,7H2,1H3,(H,18,19). The molecule has 1 aromatic rings. The summed E-state index contributed by atoms with van der Waals surface area (Å²) >= 11 is 6.07. The van der Waals surface area contributed by atoms with Crippen LogP contribution in [0.1, 0.15) is 37.2 Å². The molecule has 1 aromatic carbocycles. The highest BCUT2D eigenvalue weighted by Crippen LogP contribution is 2.34. The molecule has 0 spiro atoms. The summed E-state index contributed by atoms with van der Waals surface area (Å²) in [6.45, 7) is 0. The third-order valence-corrected chi connectivity index (χ3v) is 5.32. The minimum Gasteiger partial charge on any atom is -0.481 e. The van der Waals surface area contributed by atoms with Gasteiger partial charge < -0.3 is 5.11 Å². The van der Waals surface area contributed by atoms with Crippen molar-refractivity contribution in [2.24, 2.45) is 5.92 Å². The highest BCUT2D eigenvalue weighted by atomic mass is 35.5. The first kappa shape index (κ1) is 16.2. The summed E-state index contributed by atoms with van der Waals surface area (Å²) in [5, 5.41) is 9.73. The minimum atomic E-state index is -1.22. The first-order valence-electron chi connectivity index (χ1n) is 6.78. The van der Waals surface area contributed by atoms with E-state index in [2.05, 4.69) is 0 Å². The average molecular weight is 329 g/mol. The molecule has 21 heavy (non-hydrogen) atoms. The van der Waals surface area contributed by atoms with E-state index in [4.69, 9.17) is 11.6 Å². The zero-order valence-corrected chi connectivity index (χ0v) is 13.2. The second kappa shape index (κ2) is 6.71. The molecule has 3 unspecified atom stereocenters. The Hall–Kier alpha value is -1.20. The van der Waals surface area contributed by atoms with Gasteiger partial charge in [-0.05, 0) is 37.0 Å². The van der Waals surface area contributed by atoms with E-state index in [1.165, 1.54) is 6.26 Å². The van der Waals surface area contributed by atoms with Crippen LogP contribution in [0.15, 0.2) is 23.1 Å². The number of carbonyl (C=O) groups excluding carboxylic acids is 1. The molecule has 1 fully saturated rings. The highest BCUT2D eigenvalue weighted by Gasteiger charge is 2.31.